The van der Waals surface area contributed by atoms with Gasteiger partial charge in [-0.15, -0.1) is 0 Å². The highest BCUT2D eigenvalue weighted by atomic mass is 16.2. The van der Waals surface area contributed by atoms with Crippen LogP contribution in [0.3, 0.4) is 0 Å². The van der Waals surface area contributed by atoms with E-state index in [0.717, 1.165) is 19.3 Å². The van der Waals surface area contributed by atoms with Crippen LogP contribution in [-0.2, 0) is 9.59 Å². The first-order valence-electron chi connectivity index (χ1n) is 5.74. The van der Waals surface area contributed by atoms with E-state index in [4.69, 9.17) is 5.73 Å². The van der Waals surface area contributed by atoms with Gasteiger partial charge in [-0.25, -0.2) is 0 Å². The van der Waals surface area contributed by atoms with Gasteiger partial charge in [0.1, 0.15) is 0 Å². The van der Waals surface area contributed by atoms with Gasteiger partial charge in [-0.2, -0.15) is 0 Å². The Morgan fingerprint density at radius 3 is 2.47 bits per heavy atom. The summed E-state index contributed by atoms with van der Waals surface area (Å²) in [5, 5.41) is 0. The summed E-state index contributed by atoms with van der Waals surface area (Å²) in [4.78, 5) is 24.2. The zero-order valence-corrected chi connectivity index (χ0v) is 9.37. The number of amides is 2. The Hall–Kier alpha value is -0.900. The van der Waals surface area contributed by atoms with Crippen molar-refractivity contribution in [3.05, 3.63) is 0 Å². The molecule has 0 aromatic heterocycles. The summed E-state index contributed by atoms with van der Waals surface area (Å²) in [6.45, 7) is 2.59. The van der Waals surface area contributed by atoms with Gasteiger partial charge in [-0.3, -0.25) is 14.5 Å². The SMILES string of the molecule is CCC(N)CCCN1C(=O)CCCC1=O. The number of hydrogen-bond acceptors (Lipinski definition) is 3. The maximum Gasteiger partial charge on any atom is 0.229 e. The molecule has 0 radical (unpaired) electrons. The molecule has 0 saturated carbocycles. The standard InChI is InChI=1S/C11H20N2O2/c1-2-9(12)5-4-8-13-10(14)6-3-7-11(13)15/h9H,2-8,12H2,1H3. The van der Waals surface area contributed by atoms with Crippen molar-refractivity contribution < 1.29 is 9.59 Å². The topological polar surface area (TPSA) is 63.4 Å². The second kappa shape index (κ2) is 5.85. The van der Waals surface area contributed by atoms with E-state index >= 15 is 0 Å². The fraction of sp³-hybridized carbons (Fsp3) is 0.818. The van der Waals surface area contributed by atoms with E-state index < -0.39 is 0 Å². The van der Waals surface area contributed by atoms with Gasteiger partial charge in [-0.05, 0) is 25.7 Å². The van der Waals surface area contributed by atoms with E-state index in [0.29, 0.717) is 25.8 Å². The van der Waals surface area contributed by atoms with E-state index in [1.165, 1.54) is 4.90 Å². The molecule has 1 atom stereocenters. The summed E-state index contributed by atoms with van der Waals surface area (Å²) in [6, 6.07) is 0.194. The number of nitrogens with two attached hydrogens (primary N) is 1. The molecule has 0 bridgehead atoms. The van der Waals surface area contributed by atoms with Crippen LogP contribution in [0.2, 0.25) is 0 Å². The molecule has 0 spiro atoms. The third-order valence-corrected chi connectivity index (χ3v) is 2.86. The van der Waals surface area contributed by atoms with Crippen molar-refractivity contribution >= 4 is 11.8 Å². The maximum atomic E-state index is 11.4. The van der Waals surface area contributed by atoms with Crippen LogP contribution in [0.5, 0.6) is 0 Å². The van der Waals surface area contributed by atoms with Crippen molar-refractivity contribution in [3.8, 4) is 0 Å². The lowest BCUT2D eigenvalue weighted by Gasteiger charge is -2.25. The number of piperidine rings is 1. The van der Waals surface area contributed by atoms with Crippen molar-refractivity contribution in [1.29, 1.82) is 0 Å². The Labute approximate surface area is 90.8 Å². The summed E-state index contributed by atoms with van der Waals surface area (Å²) >= 11 is 0. The van der Waals surface area contributed by atoms with Crippen molar-refractivity contribution in [2.75, 3.05) is 6.54 Å². The first-order valence-corrected chi connectivity index (χ1v) is 5.74. The molecular weight excluding hydrogens is 192 g/mol. The quantitative estimate of drug-likeness (QED) is 0.693. The predicted molar refractivity (Wildman–Crippen MR) is 58.1 cm³/mol. The summed E-state index contributed by atoms with van der Waals surface area (Å²) in [7, 11) is 0. The zero-order valence-electron chi connectivity index (χ0n) is 9.37. The number of rotatable bonds is 5. The number of likely N-dealkylation sites (tertiary alicyclic amines) is 1. The van der Waals surface area contributed by atoms with Gasteiger partial charge in [0.25, 0.3) is 0 Å². The number of nitrogens with zero attached hydrogens (tertiary/aromatic N) is 1. The van der Waals surface area contributed by atoms with E-state index in [-0.39, 0.29) is 17.9 Å². The lowest BCUT2D eigenvalue weighted by molar-refractivity contribution is -0.148. The van der Waals surface area contributed by atoms with Gasteiger partial charge in [0.15, 0.2) is 0 Å². The van der Waals surface area contributed by atoms with Crippen molar-refractivity contribution in [2.45, 2.75) is 51.5 Å². The third-order valence-electron chi connectivity index (χ3n) is 2.86. The minimum absolute atomic E-state index is 0.0173. The monoisotopic (exact) mass is 212 g/mol. The van der Waals surface area contributed by atoms with E-state index in [9.17, 15) is 9.59 Å². The normalized spacial score (nSPS) is 19.5. The molecule has 4 heteroatoms. The smallest absolute Gasteiger partial charge is 0.229 e. The second-order valence-electron chi connectivity index (χ2n) is 4.10. The number of carbonyl (C=O) groups excluding carboxylic acids is 2. The van der Waals surface area contributed by atoms with Gasteiger partial charge >= 0.3 is 0 Å². The van der Waals surface area contributed by atoms with Gasteiger partial charge in [0.05, 0.1) is 0 Å². The first kappa shape index (κ1) is 12.2. The van der Waals surface area contributed by atoms with Crippen LogP contribution in [0.25, 0.3) is 0 Å². The molecule has 15 heavy (non-hydrogen) atoms. The zero-order chi connectivity index (χ0) is 11.3. The molecule has 1 saturated heterocycles. The fourth-order valence-corrected chi connectivity index (χ4v) is 1.76. The van der Waals surface area contributed by atoms with Crippen LogP contribution in [-0.4, -0.2) is 29.3 Å². The molecule has 2 N–H and O–H groups in total. The highest BCUT2D eigenvalue weighted by Gasteiger charge is 2.24. The third kappa shape index (κ3) is 3.63. The number of hydrogen-bond donors (Lipinski definition) is 1. The Balaban J connectivity index is 2.29. The highest BCUT2D eigenvalue weighted by molar-refractivity contribution is 5.97. The van der Waals surface area contributed by atoms with Crippen molar-refractivity contribution in [3.63, 3.8) is 0 Å². The molecule has 1 aliphatic heterocycles. The summed E-state index contributed by atoms with van der Waals surface area (Å²) in [6.07, 6.45) is 4.40. The molecule has 1 unspecified atom stereocenters. The molecule has 86 valence electrons. The predicted octanol–water partition coefficient (Wildman–Crippen LogP) is 1.04. The molecule has 0 aliphatic carbocycles. The summed E-state index contributed by atoms with van der Waals surface area (Å²) in [5.74, 6) is -0.0346. The Morgan fingerprint density at radius 2 is 1.93 bits per heavy atom. The van der Waals surface area contributed by atoms with Crippen LogP contribution in [0.1, 0.15) is 45.4 Å². The second-order valence-corrected chi connectivity index (χ2v) is 4.10. The van der Waals surface area contributed by atoms with Crippen LogP contribution in [0, 0.1) is 0 Å². The molecule has 1 heterocycles. The van der Waals surface area contributed by atoms with E-state index in [1.54, 1.807) is 0 Å². The lowest BCUT2D eigenvalue weighted by atomic mass is 10.1. The largest absolute Gasteiger partial charge is 0.328 e. The fourth-order valence-electron chi connectivity index (χ4n) is 1.76. The molecule has 1 rings (SSSR count). The minimum Gasteiger partial charge on any atom is -0.328 e. The molecule has 0 aromatic rings. The van der Waals surface area contributed by atoms with Crippen LogP contribution in [0.4, 0.5) is 0 Å². The first-order chi connectivity index (χ1) is 7.15. The summed E-state index contributed by atoms with van der Waals surface area (Å²) < 4.78 is 0. The van der Waals surface area contributed by atoms with Crippen LogP contribution in [0.15, 0.2) is 0 Å². The average Bonchev–Trinajstić information content (AvgIpc) is 2.22. The van der Waals surface area contributed by atoms with E-state index in [1.807, 2.05) is 6.92 Å². The molecule has 4 nitrogen and oxygen atoms in total. The number of carbonyl (C=O) groups is 2. The molecule has 1 fully saturated rings. The molecule has 1 aliphatic rings. The maximum absolute atomic E-state index is 11.4. The molecule has 2 amide bonds. The summed E-state index contributed by atoms with van der Waals surface area (Å²) in [5.41, 5.74) is 5.77. The van der Waals surface area contributed by atoms with Crippen LogP contribution >= 0.6 is 0 Å². The molecular formula is C11H20N2O2. The van der Waals surface area contributed by atoms with Crippen molar-refractivity contribution in [1.82, 2.24) is 4.90 Å². The van der Waals surface area contributed by atoms with Gasteiger partial charge in [0, 0.05) is 25.4 Å². The average molecular weight is 212 g/mol. The lowest BCUT2D eigenvalue weighted by Crippen LogP contribution is -2.41. The van der Waals surface area contributed by atoms with Gasteiger partial charge < -0.3 is 5.73 Å². The van der Waals surface area contributed by atoms with E-state index in [2.05, 4.69) is 0 Å². The Morgan fingerprint density at radius 1 is 1.33 bits per heavy atom. The minimum atomic E-state index is -0.0173. The number of imide groups is 1. The van der Waals surface area contributed by atoms with Gasteiger partial charge in [-0.1, -0.05) is 6.92 Å². The van der Waals surface area contributed by atoms with Crippen LogP contribution < -0.4 is 5.73 Å². The highest BCUT2D eigenvalue weighted by Crippen LogP contribution is 2.13. The Kier molecular flexibility index (Phi) is 4.75. The Bertz CT molecular complexity index is 225. The van der Waals surface area contributed by atoms with Gasteiger partial charge in [0.2, 0.25) is 11.8 Å². The molecule has 0 aromatic carbocycles. The van der Waals surface area contributed by atoms with Crippen molar-refractivity contribution in [2.24, 2.45) is 5.73 Å².